The van der Waals surface area contributed by atoms with E-state index in [9.17, 15) is 71.2 Å². The lowest BCUT2D eigenvalue weighted by Crippen LogP contribution is -2.68. The fourth-order valence-electron chi connectivity index (χ4n) is 17.4. The van der Waals surface area contributed by atoms with Crippen molar-refractivity contribution in [3.63, 3.8) is 0 Å². The summed E-state index contributed by atoms with van der Waals surface area (Å²) in [4.78, 5) is 26.9. The summed E-state index contributed by atoms with van der Waals surface area (Å²) in [6, 6.07) is 0. The van der Waals surface area contributed by atoms with E-state index in [1.54, 1.807) is 0 Å². The Morgan fingerprint density at radius 3 is 1.88 bits per heavy atom. The summed E-state index contributed by atoms with van der Waals surface area (Å²) in [6.07, 6.45) is -28.4. The van der Waals surface area contributed by atoms with Gasteiger partial charge in [0.15, 0.2) is 37.4 Å². The zero-order valence-corrected chi connectivity index (χ0v) is 50.0. The van der Waals surface area contributed by atoms with Crippen LogP contribution in [-0.4, -0.2) is 252 Å². The molecule has 31 atom stereocenters. The molecule has 85 heavy (non-hydrogen) atoms. The zero-order valence-electron chi connectivity index (χ0n) is 50.0. The first-order valence-corrected chi connectivity index (χ1v) is 30.4. The maximum Gasteiger partial charge on any atom is 0.317 e. The van der Waals surface area contributed by atoms with E-state index in [-0.39, 0.29) is 54.1 Å². The number of carbonyl (C=O) groups excluding carboxylic acids is 2. The van der Waals surface area contributed by atoms with Crippen molar-refractivity contribution in [3.8, 4) is 0 Å². The molecule has 10 rings (SSSR count). The van der Waals surface area contributed by atoms with Gasteiger partial charge in [-0.2, -0.15) is 0 Å². The summed E-state index contributed by atoms with van der Waals surface area (Å²) >= 11 is 0. The number of ether oxygens (including phenoxy) is 11. The molecule has 0 radical (unpaired) electrons. The van der Waals surface area contributed by atoms with Crippen LogP contribution < -0.4 is 0 Å². The van der Waals surface area contributed by atoms with Gasteiger partial charge in [-0.15, -0.1) is 0 Å². The van der Waals surface area contributed by atoms with E-state index in [4.69, 9.17) is 52.1 Å². The molecular formula is C59H94O26. The van der Waals surface area contributed by atoms with E-state index in [1.807, 2.05) is 0 Å². The van der Waals surface area contributed by atoms with Crippen molar-refractivity contribution in [1.82, 2.24) is 0 Å². The second-order valence-electron chi connectivity index (χ2n) is 28.4. The largest absolute Gasteiger partial charge is 0.457 e. The molecule has 0 spiro atoms. The second kappa shape index (κ2) is 24.1. The third-order valence-electron chi connectivity index (χ3n) is 22.6. The summed E-state index contributed by atoms with van der Waals surface area (Å²) < 4.78 is 64.4. The van der Waals surface area contributed by atoms with Crippen LogP contribution in [0.2, 0.25) is 0 Å². The molecule has 0 aromatic heterocycles. The third kappa shape index (κ3) is 11.3. The SMILES string of the molecule is CC(=O)O[C@@H]1CO[C@@H](O[C@@H]2[C@@H](O)[C@@H](O)[C@H](O[C@H]3[C@H](OC(=O)[C@]45CCC(C)(C)C[C@H]4C4=CC[C@@H]6[C@@]7(C)CC[C@H](O[C@@H]8O[C@H](CO[C@@H]9OC[C@H](O)[C@H](O)[C@H]9O)[C@@H](O)[C@H](O)[C@H]8O)C(C)(C)[C@@H]7CC[C@@]6(C)[C@]4(C)C[C@H]5O)OC[C@H](O)[C@@H]3O)O[C@H]2C)[C@H](O)[C@H]1O. The average molecular weight is 1220 g/mol. The normalized spacial score (nSPS) is 53.2. The fourth-order valence-corrected chi connectivity index (χ4v) is 17.4. The van der Waals surface area contributed by atoms with Crippen molar-refractivity contribution in [2.75, 3.05) is 26.4 Å². The molecule has 0 bridgehead atoms. The Bertz CT molecular complexity index is 2410. The van der Waals surface area contributed by atoms with Crippen LogP contribution in [-0.2, 0) is 61.7 Å². The molecule has 0 unspecified atom stereocenters. The Balaban J connectivity index is 0.839. The highest BCUT2D eigenvalue weighted by molar-refractivity contribution is 5.80. The number of aliphatic hydroxyl groups is 13. The topological polar surface area (TPSA) is 399 Å². The first-order valence-electron chi connectivity index (χ1n) is 30.4. The van der Waals surface area contributed by atoms with Gasteiger partial charge in [0.2, 0.25) is 6.29 Å². The molecule has 26 nitrogen and oxygen atoms in total. The van der Waals surface area contributed by atoms with Crippen molar-refractivity contribution in [1.29, 1.82) is 0 Å². The molecule has 13 N–H and O–H groups in total. The predicted octanol–water partition coefficient (Wildman–Crippen LogP) is -1.72. The molecule has 0 aromatic carbocycles. The van der Waals surface area contributed by atoms with Crippen molar-refractivity contribution >= 4 is 11.9 Å². The van der Waals surface area contributed by atoms with Crippen LogP contribution in [0.25, 0.3) is 0 Å². The molecule has 5 aliphatic heterocycles. The van der Waals surface area contributed by atoms with E-state index in [1.165, 1.54) is 6.92 Å². The fraction of sp³-hybridized carbons (Fsp3) is 0.932. The molecule has 26 heteroatoms. The summed E-state index contributed by atoms with van der Waals surface area (Å²) in [5.41, 5.74) is -2.45. The Hall–Kier alpha value is -2.20. The van der Waals surface area contributed by atoms with Crippen molar-refractivity contribution < 1.29 is 128 Å². The molecule has 5 aliphatic carbocycles. The number of rotatable bonds is 12. The zero-order chi connectivity index (χ0) is 62.0. The summed E-state index contributed by atoms with van der Waals surface area (Å²) in [6.45, 7) is 16.5. The number of esters is 2. The smallest absolute Gasteiger partial charge is 0.317 e. The van der Waals surface area contributed by atoms with Gasteiger partial charge in [0.25, 0.3) is 0 Å². The minimum absolute atomic E-state index is 0.0825. The van der Waals surface area contributed by atoms with Crippen molar-refractivity contribution in [2.24, 2.45) is 50.2 Å². The first kappa shape index (κ1) is 65.7. The Morgan fingerprint density at radius 2 is 1.19 bits per heavy atom. The highest BCUT2D eigenvalue weighted by atomic mass is 16.8. The van der Waals surface area contributed by atoms with Crippen LogP contribution >= 0.6 is 0 Å². The van der Waals surface area contributed by atoms with Crippen LogP contribution in [0, 0.1) is 50.2 Å². The van der Waals surface area contributed by atoms with Crippen LogP contribution in [0.1, 0.15) is 120 Å². The van der Waals surface area contributed by atoms with E-state index in [0.717, 1.165) is 31.8 Å². The monoisotopic (exact) mass is 1220 g/mol. The summed E-state index contributed by atoms with van der Waals surface area (Å²) in [5, 5.41) is 143. The molecule has 486 valence electrons. The van der Waals surface area contributed by atoms with Gasteiger partial charge >= 0.3 is 11.9 Å². The number of hydrogen-bond acceptors (Lipinski definition) is 26. The lowest BCUT2D eigenvalue weighted by atomic mass is 9.33. The third-order valence-corrected chi connectivity index (χ3v) is 22.6. The molecular weight excluding hydrogens is 1120 g/mol. The minimum atomic E-state index is -1.91. The predicted molar refractivity (Wildman–Crippen MR) is 287 cm³/mol. The molecule has 4 saturated carbocycles. The lowest BCUT2D eigenvalue weighted by Gasteiger charge is -2.71. The van der Waals surface area contributed by atoms with Gasteiger partial charge in [-0.25, -0.2) is 0 Å². The van der Waals surface area contributed by atoms with Gasteiger partial charge in [-0.3, -0.25) is 9.59 Å². The second-order valence-corrected chi connectivity index (χ2v) is 28.4. The Kier molecular flexibility index (Phi) is 18.7. The van der Waals surface area contributed by atoms with Gasteiger partial charge in [-0.05, 0) is 110 Å². The van der Waals surface area contributed by atoms with Crippen LogP contribution in [0.4, 0.5) is 0 Å². The quantitative estimate of drug-likeness (QED) is 0.0587. The van der Waals surface area contributed by atoms with Gasteiger partial charge < -0.3 is 118 Å². The summed E-state index contributed by atoms with van der Waals surface area (Å²) in [5.74, 6) is -1.81. The van der Waals surface area contributed by atoms with Crippen LogP contribution in [0.5, 0.6) is 0 Å². The lowest BCUT2D eigenvalue weighted by molar-refractivity contribution is -0.369. The molecule has 9 fully saturated rings. The van der Waals surface area contributed by atoms with Crippen LogP contribution in [0.15, 0.2) is 11.6 Å². The molecule has 10 aliphatic rings. The first-order chi connectivity index (χ1) is 39.7. The van der Waals surface area contributed by atoms with Gasteiger partial charge in [0.05, 0.1) is 44.7 Å². The summed E-state index contributed by atoms with van der Waals surface area (Å²) in [7, 11) is 0. The van der Waals surface area contributed by atoms with Gasteiger partial charge in [-0.1, -0.05) is 60.1 Å². The van der Waals surface area contributed by atoms with E-state index < -0.39 is 195 Å². The highest BCUT2D eigenvalue weighted by Gasteiger charge is 2.72. The minimum Gasteiger partial charge on any atom is -0.457 e. The standard InChI is InChI=1S/C59H94O26/c1-24-46(83-49-43(71)39(67)30(22-78-49)80-25(2)60)41(69)45(73)50(79-24)84-47-37(65)29(62)21-76-52(47)85-53(74)59-17-16-54(3,4)18-27(59)26-10-11-33-56(7)14-13-35(55(5,6)32(56)12-15-57(33,8)58(26,9)19-34(59)63)82-51-44(72)40(68)38(66)31(81-51)23-77-48-42(70)36(64)28(61)20-75-48/h10,24,27-52,61-73H,11-23H2,1-9H3/t24-,27-,28-,29-,30+,31+,32-,33+,34+,35-,36-,37-,38+,39-,40-,41-,42+,43+,44+,45+,46-,47+,48-,49-,50-,51-,52-,56-,57+,58+,59+/m0/s1. The van der Waals surface area contributed by atoms with Gasteiger partial charge in [0, 0.05) is 6.92 Å². The Labute approximate surface area is 494 Å². The number of allylic oxidation sites excluding steroid dienone is 2. The molecule has 5 saturated heterocycles. The number of aliphatic hydroxyl groups excluding tert-OH is 13. The molecule has 0 aromatic rings. The molecule has 0 amide bonds. The Morgan fingerprint density at radius 1 is 0.576 bits per heavy atom. The van der Waals surface area contributed by atoms with E-state index >= 15 is 4.79 Å². The van der Waals surface area contributed by atoms with Crippen LogP contribution in [0.3, 0.4) is 0 Å². The number of fused-ring (bicyclic) bond motifs is 7. The van der Waals surface area contributed by atoms with E-state index in [2.05, 4.69) is 54.5 Å². The number of hydrogen-bond donors (Lipinski definition) is 13. The van der Waals surface area contributed by atoms with Crippen molar-refractivity contribution in [3.05, 3.63) is 11.6 Å². The highest BCUT2D eigenvalue weighted by Crippen LogP contribution is 2.76. The average Bonchev–Trinajstić information content (AvgIpc) is 0.703. The van der Waals surface area contributed by atoms with Gasteiger partial charge in [0.1, 0.15) is 90.9 Å². The number of carbonyl (C=O) groups is 2. The molecule has 5 heterocycles. The van der Waals surface area contributed by atoms with Crippen molar-refractivity contribution in [2.45, 2.75) is 268 Å². The maximum absolute atomic E-state index is 15.4. The maximum atomic E-state index is 15.4. The van der Waals surface area contributed by atoms with E-state index in [0.29, 0.717) is 25.7 Å².